The van der Waals surface area contributed by atoms with E-state index in [0.717, 1.165) is 25.0 Å². The predicted molar refractivity (Wildman–Crippen MR) is 73.0 cm³/mol. The highest BCUT2D eigenvalue weighted by Gasteiger charge is 2.24. The number of hydrogen-bond acceptors (Lipinski definition) is 2. The highest BCUT2D eigenvalue weighted by Crippen LogP contribution is 2.21. The number of nitrogens with zero attached hydrogens (tertiary/aromatic N) is 1. The van der Waals surface area contributed by atoms with E-state index in [1.54, 1.807) is 0 Å². The molecule has 2 unspecified atom stereocenters. The molecule has 1 aliphatic heterocycles. The summed E-state index contributed by atoms with van der Waals surface area (Å²) < 4.78 is 0. The van der Waals surface area contributed by atoms with E-state index in [-0.39, 0.29) is 0 Å². The van der Waals surface area contributed by atoms with Gasteiger partial charge in [0.1, 0.15) is 0 Å². The maximum absolute atomic E-state index is 3.52. The Labute approximate surface area is 105 Å². The van der Waals surface area contributed by atoms with Crippen LogP contribution in [-0.2, 0) is 6.54 Å². The molecule has 0 radical (unpaired) electrons. The van der Waals surface area contributed by atoms with Crippen molar-refractivity contribution in [2.24, 2.45) is 5.92 Å². The smallest absolute Gasteiger partial charge is 0.0206 e. The van der Waals surface area contributed by atoms with Crippen LogP contribution < -0.4 is 5.32 Å². The summed E-state index contributed by atoms with van der Waals surface area (Å²) in [7, 11) is 0. The van der Waals surface area contributed by atoms with E-state index in [0.29, 0.717) is 0 Å². The maximum Gasteiger partial charge on any atom is 0.0206 e. The van der Waals surface area contributed by atoms with Crippen molar-refractivity contribution in [3.05, 3.63) is 35.9 Å². The Morgan fingerprint density at radius 1 is 1.24 bits per heavy atom. The number of benzene rings is 1. The van der Waals surface area contributed by atoms with Crippen molar-refractivity contribution in [3.8, 4) is 0 Å². The van der Waals surface area contributed by atoms with Crippen LogP contribution in [0.1, 0.15) is 25.8 Å². The lowest BCUT2D eigenvalue weighted by molar-refractivity contribution is 0.264. The molecule has 1 aromatic carbocycles. The molecular weight excluding hydrogens is 208 g/mol. The summed E-state index contributed by atoms with van der Waals surface area (Å²) in [4.78, 5) is 2.60. The van der Waals surface area contributed by atoms with Gasteiger partial charge in [0.2, 0.25) is 0 Å². The van der Waals surface area contributed by atoms with Crippen LogP contribution in [0.15, 0.2) is 30.3 Å². The van der Waals surface area contributed by atoms with E-state index >= 15 is 0 Å². The van der Waals surface area contributed by atoms with Crippen LogP contribution in [0.4, 0.5) is 0 Å². The standard InChI is InChI=1S/C15H24N2/c1-13-10-14(2)17(12-13)9-8-16-11-15-6-4-3-5-7-15/h3-7,13-14,16H,8-12H2,1-2H3. The Morgan fingerprint density at radius 3 is 2.65 bits per heavy atom. The second kappa shape index (κ2) is 6.18. The van der Waals surface area contributed by atoms with Crippen molar-refractivity contribution in [1.82, 2.24) is 10.2 Å². The SMILES string of the molecule is CC1CC(C)N(CCNCc2ccccc2)C1. The lowest BCUT2D eigenvalue weighted by atomic mass is 10.1. The first-order valence-electron chi connectivity index (χ1n) is 6.74. The van der Waals surface area contributed by atoms with Crippen molar-refractivity contribution < 1.29 is 0 Å². The fourth-order valence-corrected chi connectivity index (χ4v) is 2.75. The molecule has 0 spiro atoms. The Kier molecular flexibility index (Phi) is 4.57. The van der Waals surface area contributed by atoms with Crippen molar-refractivity contribution in [2.75, 3.05) is 19.6 Å². The summed E-state index contributed by atoms with van der Waals surface area (Å²) in [6.45, 7) is 9.23. The molecular formula is C15H24N2. The zero-order chi connectivity index (χ0) is 12.1. The minimum Gasteiger partial charge on any atom is -0.311 e. The molecule has 1 fully saturated rings. The molecule has 1 heterocycles. The lowest BCUT2D eigenvalue weighted by Crippen LogP contribution is -2.34. The third kappa shape index (κ3) is 3.83. The molecule has 0 aliphatic carbocycles. The van der Waals surface area contributed by atoms with Crippen LogP contribution in [0.2, 0.25) is 0 Å². The predicted octanol–water partition coefficient (Wildman–Crippen LogP) is 2.51. The summed E-state index contributed by atoms with van der Waals surface area (Å²) in [5, 5.41) is 3.52. The number of nitrogens with one attached hydrogen (secondary N) is 1. The largest absolute Gasteiger partial charge is 0.311 e. The summed E-state index contributed by atoms with van der Waals surface area (Å²) in [6.07, 6.45) is 1.36. The third-order valence-electron chi connectivity index (χ3n) is 3.66. The van der Waals surface area contributed by atoms with Gasteiger partial charge < -0.3 is 5.32 Å². The summed E-state index contributed by atoms with van der Waals surface area (Å²) in [5.74, 6) is 0.874. The molecule has 0 amide bonds. The summed E-state index contributed by atoms with van der Waals surface area (Å²) in [6, 6.07) is 11.4. The molecule has 2 heteroatoms. The Hall–Kier alpha value is -0.860. The monoisotopic (exact) mass is 232 g/mol. The number of rotatable bonds is 5. The second-order valence-electron chi connectivity index (χ2n) is 5.35. The molecule has 94 valence electrons. The molecule has 0 aromatic heterocycles. The van der Waals surface area contributed by atoms with E-state index in [2.05, 4.69) is 54.4 Å². The molecule has 1 aromatic rings. The van der Waals surface area contributed by atoms with Gasteiger partial charge in [0.05, 0.1) is 0 Å². The molecule has 2 rings (SSSR count). The number of hydrogen-bond donors (Lipinski definition) is 1. The molecule has 0 bridgehead atoms. The Bertz CT molecular complexity index is 323. The molecule has 1 aliphatic rings. The average molecular weight is 232 g/mol. The quantitative estimate of drug-likeness (QED) is 0.785. The average Bonchev–Trinajstić information content (AvgIpc) is 2.65. The normalized spacial score (nSPS) is 25.3. The minimum absolute atomic E-state index is 0.767. The van der Waals surface area contributed by atoms with Crippen LogP contribution >= 0.6 is 0 Å². The van der Waals surface area contributed by atoms with Crippen molar-refractivity contribution in [1.29, 1.82) is 0 Å². The fraction of sp³-hybridized carbons (Fsp3) is 0.600. The molecule has 1 N–H and O–H groups in total. The van der Waals surface area contributed by atoms with Crippen LogP contribution in [0.3, 0.4) is 0 Å². The summed E-state index contributed by atoms with van der Waals surface area (Å²) in [5.41, 5.74) is 1.37. The van der Waals surface area contributed by atoms with Gasteiger partial charge in [-0.2, -0.15) is 0 Å². The second-order valence-corrected chi connectivity index (χ2v) is 5.35. The minimum atomic E-state index is 0.767. The zero-order valence-electron chi connectivity index (χ0n) is 11.0. The highest BCUT2D eigenvalue weighted by atomic mass is 15.2. The van der Waals surface area contributed by atoms with Gasteiger partial charge in [-0.1, -0.05) is 37.3 Å². The van der Waals surface area contributed by atoms with Crippen LogP contribution in [0, 0.1) is 5.92 Å². The van der Waals surface area contributed by atoms with Gasteiger partial charge in [-0.05, 0) is 24.8 Å². The van der Waals surface area contributed by atoms with Gasteiger partial charge in [-0.3, -0.25) is 4.90 Å². The topological polar surface area (TPSA) is 15.3 Å². The van der Waals surface area contributed by atoms with Gasteiger partial charge in [-0.25, -0.2) is 0 Å². The van der Waals surface area contributed by atoms with Crippen molar-refractivity contribution >= 4 is 0 Å². The molecule has 1 saturated heterocycles. The molecule has 17 heavy (non-hydrogen) atoms. The zero-order valence-corrected chi connectivity index (χ0v) is 11.0. The van der Waals surface area contributed by atoms with Gasteiger partial charge in [0.15, 0.2) is 0 Å². The van der Waals surface area contributed by atoms with Gasteiger partial charge >= 0.3 is 0 Å². The van der Waals surface area contributed by atoms with Crippen LogP contribution in [0.5, 0.6) is 0 Å². The molecule has 2 nitrogen and oxygen atoms in total. The first-order chi connectivity index (χ1) is 8.25. The van der Waals surface area contributed by atoms with Gasteiger partial charge in [-0.15, -0.1) is 0 Å². The molecule has 2 atom stereocenters. The molecule has 0 saturated carbocycles. The highest BCUT2D eigenvalue weighted by molar-refractivity contribution is 5.14. The Balaban J connectivity index is 1.64. The van der Waals surface area contributed by atoms with E-state index in [1.165, 1.54) is 25.1 Å². The van der Waals surface area contributed by atoms with Gasteiger partial charge in [0.25, 0.3) is 0 Å². The number of likely N-dealkylation sites (tertiary alicyclic amines) is 1. The summed E-state index contributed by atoms with van der Waals surface area (Å²) >= 11 is 0. The third-order valence-corrected chi connectivity index (χ3v) is 3.66. The Morgan fingerprint density at radius 2 is 2.00 bits per heavy atom. The fourth-order valence-electron chi connectivity index (χ4n) is 2.75. The first-order valence-corrected chi connectivity index (χ1v) is 6.74. The van der Waals surface area contributed by atoms with Crippen molar-refractivity contribution in [2.45, 2.75) is 32.9 Å². The maximum atomic E-state index is 3.52. The lowest BCUT2D eigenvalue weighted by Gasteiger charge is -2.21. The van der Waals surface area contributed by atoms with Crippen molar-refractivity contribution in [3.63, 3.8) is 0 Å². The van der Waals surface area contributed by atoms with E-state index in [1.807, 2.05) is 0 Å². The van der Waals surface area contributed by atoms with Crippen LogP contribution in [-0.4, -0.2) is 30.6 Å². The van der Waals surface area contributed by atoms with Gasteiger partial charge in [0, 0.05) is 32.2 Å². The van der Waals surface area contributed by atoms with E-state index < -0.39 is 0 Å². The van der Waals surface area contributed by atoms with Crippen LogP contribution in [0.25, 0.3) is 0 Å². The van der Waals surface area contributed by atoms with E-state index in [9.17, 15) is 0 Å². The van der Waals surface area contributed by atoms with E-state index in [4.69, 9.17) is 0 Å². The first kappa shape index (κ1) is 12.6.